The minimum absolute atomic E-state index is 0.0262. The second-order valence-corrected chi connectivity index (χ2v) is 5.11. The molecule has 1 amide bonds. The summed E-state index contributed by atoms with van der Waals surface area (Å²) < 4.78 is 10.6. The van der Waals surface area contributed by atoms with Gasteiger partial charge in [0.2, 0.25) is 0 Å². The number of ether oxygens (including phenoxy) is 2. The maximum atomic E-state index is 11.8. The van der Waals surface area contributed by atoms with E-state index in [0.717, 1.165) is 0 Å². The molecule has 98 valence electrons. The van der Waals surface area contributed by atoms with Crippen LogP contribution in [0.2, 0.25) is 0 Å². The van der Waals surface area contributed by atoms with Gasteiger partial charge in [0, 0.05) is 13.0 Å². The van der Waals surface area contributed by atoms with Gasteiger partial charge >= 0.3 is 6.09 Å². The van der Waals surface area contributed by atoms with Crippen molar-refractivity contribution in [1.82, 2.24) is 4.90 Å². The molecule has 1 aliphatic heterocycles. The van der Waals surface area contributed by atoms with Gasteiger partial charge in [0.25, 0.3) is 0 Å². The Morgan fingerprint density at radius 1 is 1.41 bits per heavy atom. The topological polar surface area (TPSA) is 55.8 Å². The molecule has 0 bridgehead atoms. The van der Waals surface area contributed by atoms with Gasteiger partial charge in [-0.05, 0) is 20.8 Å². The molecule has 0 aromatic heterocycles. The Balaban J connectivity index is 2.55. The van der Waals surface area contributed by atoms with E-state index in [1.165, 1.54) is 4.90 Å². The van der Waals surface area contributed by atoms with Gasteiger partial charge in [-0.15, -0.1) is 0 Å². The Morgan fingerprint density at radius 3 is 2.59 bits per heavy atom. The van der Waals surface area contributed by atoms with E-state index in [9.17, 15) is 9.59 Å². The van der Waals surface area contributed by atoms with Crippen LogP contribution in [0.3, 0.4) is 0 Å². The normalized spacial score (nSPS) is 21.2. The number of rotatable bonds is 2. The first-order chi connectivity index (χ1) is 7.83. The van der Waals surface area contributed by atoms with Crippen LogP contribution in [0.5, 0.6) is 0 Å². The largest absolute Gasteiger partial charge is 0.444 e. The number of carbonyl (C=O) groups is 2. The maximum Gasteiger partial charge on any atom is 0.410 e. The number of morpholine rings is 1. The number of amides is 1. The Kier molecular flexibility index (Phi) is 4.51. The number of hydrogen-bond acceptors (Lipinski definition) is 4. The van der Waals surface area contributed by atoms with E-state index in [1.807, 2.05) is 20.8 Å². The monoisotopic (exact) mass is 243 g/mol. The van der Waals surface area contributed by atoms with Crippen LogP contribution in [-0.2, 0) is 14.3 Å². The number of nitrogens with zero attached hydrogens (tertiary/aromatic N) is 1. The van der Waals surface area contributed by atoms with Crippen molar-refractivity contribution >= 4 is 11.9 Å². The summed E-state index contributed by atoms with van der Waals surface area (Å²) in [6, 6.07) is 0. The number of hydrogen-bond donors (Lipinski definition) is 0. The highest BCUT2D eigenvalue weighted by Gasteiger charge is 2.30. The first-order valence-electron chi connectivity index (χ1n) is 5.95. The van der Waals surface area contributed by atoms with Crippen LogP contribution in [0, 0.1) is 0 Å². The van der Waals surface area contributed by atoms with Crippen molar-refractivity contribution in [3.8, 4) is 0 Å². The zero-order chi connectivity index (χ0) is 13.1. The second-order valence-electron chi connectivity index (χ2n) is 5.11. The molecule has 1 rings (SSSR count). The van der Waals surface area contributed by atoms with Gasteiger partial charge in [0.15, 0.2) is 5.78 Å². The molecule has 0 radical (unpaired) electrons. The molecular formula is C12H21NO4. The molecule has 0 aromatic carbocycles. The highest BCUT2D eigenvalue weighted by molar-refractivity contribution is 5.83. The van der Waals surface area contributed by atoms with E-state index in [4.69, 9.17) is 9.47 Å². The van der Waals surface area contributed by atoms with E-state index >= 15 is 0 Å². The summed E-state index contributed by atoms with van der Waals surface area (Å²) in [5, 5.41) is 0. The quantitative estimate of drug-likeness (QED) is 0.739. The Labute approximate surface area is 102 Å². The van der Waals surface area contributed by atoms with Crippen LogP contribution in [0.1, 0.15) is 34.1 Å². The fourth-order valence-corrected chi connectivity index (χ4v) is 1.56. The zero-order valence-corrected chi connectivity index (χ0v) is 11.0. The molecule has 0 N–H and O–H groups in total. The van der Waals surface area contributed by atoms with Crippen molar-refractivity contribution < 1.29 is 19.1 Å². The molecule has 0 aromatic rings. The molecule has 1 fully saturated rings. The Bertz CT molecular complexity index is 295. The smallest absolute Gasteiger partial charge is 0.410 e. The van der Waals surface area contributed by atoms with Crippen molar-refractivity contribution in [3.05, 3.63) is 0 Å². The maximum absolute atomic E-state index is 11.8. The summed E-state index contributed by atoms with van der Waals surface area (Å²) in [6.45, 7) is 8.40. The standard InChI is InChI=1S/C12H21NO4/c1-5-9(14)10-8-13(6-7-16-10)11(15)17-12(2,3)4/h10H,5-8H2,1-4H3/t10-/m1/s1. The first-order valence-corrected chi connectivity index (χ1v) is 5.95. The summed E-state index contributed by atoms with van der Waals surface area (Å²) >= 11 is 0. The molecule has 1 atom stereocenters. The Hall–Kier alpha value is -1.10. The average molecular weight is 243 g/mol. The molecular weight excluding hydrogens is 222 g/mol. The van der Waals surface area contributed by atoms with Crippen LogP contribution >= 0.6 is 0 Å². The SMILES string of the molecule is CCC(=O)[C@H]1CN(C(=O)OC(C)(C)C)CCO1. The third-order valence-electron chi connectivity index (χ3n) is 2.43. The second kappa shape index (κ2) is 5.49. The fraction of sp³-hybridized carbons (Fsp3) is 0.833. The Morgan fingerprint density at radius 2 is 2.06 bits per heavy atom. The van der Waals surface area contributed by atoms with Crippen LogP contribution < -0.4 is 0 Å². The molecule has 5 heteroatoms. The van der Waals surface area contributed by atoms with Crippen LogP contribution in [-0.4, -0.2) is 48.2 Å². The molecule has 1 aliphatic rings. The highest BCUT2D eigenvalue weighted by atomic mass is 16.6. The van der Waals surface area contributed by atoms with Crippen molar-refractivity contribution in [2.45, 2.75) is 45.8 Å². The lowest BCUT2D eigenvalue weighted by Gasteiger charge is -2.33. The van der Waals surface area contributed by atoms with E-state index in [0.29, 0.717) is 26.1 Å². The van der Waals surface area contributed by atoms with Gasteiger partial charge in [-0.25, -0.2) is 4.79 Å². The molecule has 0 saturated carbocycles. The molecule has 0 unspecified atom stereocenters. The molecule has 0 spiro atoms. The van der Waals surface area contributed by atoms with Gasteiger partial charge in [0.1, 0.15) is 11.7 Å². The summed E-state index contributed by atoms with van der Waals surface area (Å²) in [5.41, 5.74) is -0.514. The van der Waals surface area contributed by atoms with Gasteiger partial charge < -0.3 is 14.4 Å². The fourth-order valence-electron chi connectivity index (χ4n) is 1.56. The van der Waals surface area contributed by atoms with Crippen molar-refractivity contribution in [2.24, 2.45) is 0 Å². The number of Topliss-reactive ketones (excluding diaryl/α,β-unsaturated/α-hetero) is 1. The lowest BCUT2D eigenvalue weighted by atomic mass is 10.1. The third kappa shape index (κ3) is 4.34. The minimum atomic E-state index is -0.514. The number of carbonyl (C=O) groups excluding carboxylic acids is 2. The average Bonchev–Trinajstić information content (AvgIpc) is 2.26. The van der Waals surface area contributed by atoms with Crippen LogP contribution in [0.4, 0.5) is 4.79 Å². The lowest BCUT2D eigenvalue weighted by molar-refractivity contribution is -0.135. The highest BCUT2D eigenvalue weighted by Crippen LogP contribution is 2.13. The summed E-state index contributed by atoms with van der Waals surface area (Å²) in [6.07, 6.45) is -0.455. The zero-order valence-electron chi connectivity index (χ0n) is 11.0. The minimum Gasteiger partial charge on any atom is -0.444 e. The predicted octanol–water partition coefficient (Wildman–Crippen LogP) is 1.60. The summed E-state index contributed by atoms with van der Waals surface area (Å²) in [7, 11) is 0. The summed E-state index contributed by atoms with van der Waals surface area (Å²) in [5.74, 6) is 0.0262. The number of ketones is 1. The van der Waals surface area contributed by atoms with Gasteiger partial charge in [-0.3, -0.25) is 4.79 Å². The molecule has 1 heterocycles. The van der Waals surface area contributed by atoms with Crippen LogP contribution in [0.15, 0.2) is 0 Å². The van der Waals surface area contributed by atoms with E-state index in [-0.39, 0.29) is 11.9 Å². The van der Waals surface area contributed by atoms with Crippen molar-refractivity contribution in [1.29, 1.82) is 0 Å². The van der Waals surface area contributed by atoms with E-state index in [1.54, 1.807) is 6.92 Å². The van der Waals surface area contributed by atoms with Gasteiger partial charge in [-0.2, -0.15) is 0 Å². The molecule has 5 nitrogen and oxygen atoms in total. The lowest BCUT2D eigenvalue weighted by Crippen LogP contribution is -2.49. The van der Waals surface area contributed by atoms with Gasteiger partial charge in [-0.1, -0.05) is 6.92 Å². The van der Waals surface area contributed by atoms with E-state index < -0.39 is 11.7 Å². The van der Waals surface area contributed by atoms with Gasteiger partial charge in [0.05, 0.1) is 13.2 Å². The third-order valence-corrected chi connectivity index (χ3v) is 2.43. The van der Waals surface area contributed by atoms with E-state index in [2.05, 4.69) is 0 Å². The first kappa shape index (κ1) is 14.0. The molecule has 17 heavy (non-hydrogen) atoms. The predicted molar refractivity (Wildman–Crippen MR) is 62.8 cm³/mol. The molecule has 0 aliphatic carbocycles. The van der Waals surface area contributed by atoms with Crippen molar-refractivity contribution in [3.63, 3.8) is 0 Å². The molecule has 1 saturated heterocycles. The summed E-state index contributed by atoms with van der Waals surface area (Å²) in [4.78, 5) is 24.9. The van der Waals surface area contributed by atoms with Crippen LogP contribution in [0.25, 0.3) is 0 Å². The van der Waals surface area contributed by atoms with Crippen molar-refractivity contribution in [2.75, 3.05) is 19.7 Å².